The topological polar surface area (TPSA) is 33.5 Å². The van der Waals surface area contributed by atoms with Gasteiger partial charge in [0.2, 0.25) is 0 Å². The highest BCUT2D eigenvalue weighted by Gasteiger charge is 2.20. The lowest BCUT2D eigenvalue weighted by molar-refractivity contribution is 0.0742. The number of benzene rings is 1. The van der Waals surface area contributed by atoms with Crippen LogP contribution in [0.5, 0.6) is 0 Å². The van der Waals surface area contributed by atoms with E-state index in [0.29, 0.717) is 24.4 Å². The fourth-order valence-corrected chi connectivity index (χ4v) is 1.99. The summed E-state index contributed by atoms with van der Waals surface area (Å²) in [5, 5.41) is 0. The Balaban J connectivity index is 2.37. The van der Waals surface area contributed by atoms with E-state index >= 15 is 0 Å². The van der Waals surface area contributed by atoms with Gasteiger partial charge in [0.15, 0.2) is 5.76 Å². The zero-order valence-electron chi connectivity index (χ0n) is 11.0. The average Bonchev–Trinajstić information content (AvgIpc) is 2.90. The van der Waals surface area contributed by atoms with Crippen LogP contribution in [0, 0.1) is 5.82 Å². The van der Waals surface area contributed by atoms with Crippen molar-refractivity contribution < 1.29 is 13.6 Å². The summed E-state index contributed by atoms with van der Waals surface area (Å²) in [6.07, 6.45) is 1.48. The van der Waals surface area contributed by atoms with Crippen molar-refractivity contribution in [1.82, 2.24) is 4.90 Å². The smallest absolute Gasteiger partial charge is 0.290 e. The van der Waals surface area contributed by atoms with E-state index in [1.54, 1.807) is 23.1 Å². The van der Waals surface area contributed by atoms with Crippen molar-refractivity contribution in [3.05, 3.63) is 48.2 Å². The van der Waals surface area contributed by atoms with E-state index in [9.17, 15) is 9.18 Å². The molecule has 0 saturated carbocycles. The summed E-state index contributed by atoms with van der Waals surface area (Å²) in [7, 11) is 0. The van der Waals surface area contributed by atoms with Crippen LogP contribution in [0.1, 0.15) is 24.4 Å². The van der Waals surface area contributed by atoms with Gasteiger partial charge in [-0.15, -0.1) is 0 Å². The standard InChI is InChI=1S/C15H16FNO2/c1-3-17(4-2)15(18)14-13(9-10-19-14)11-5-7-12(16)8-6-11/h5-10H,3-4H2,1-2H3. The summed E-state index contributed by atoms with van der Waals surface area (Å²) in [6.45, 7) is 5.08. The van der Waals surface area contributed by atoms with Crippen LogP contribution in [0.2, 0.25) is 0 Å². The molecular formula is C15H16FNO2. The maximum atomic E-state index is 12.9. The minimum absolute atomic E-state index is 0.144. The minimum Gasteiger partial charge on any atom is -0.459 e. The van der Waals surface area contributed by atoms with Crippen LogP contribution in [-0.2, 0) is 0 Å². The zero-order valence-corrected chi connectivity index (χ0v) is 11.0. The van der Waals surface area contributed by atoms with Crippen molar-refractivity contribution in [3.8, 4) is 11.1 Å². The quantitative estimate of drug-likeness (QED) is 0.843. The first-order valence-corrected chi connectivity index (χ1v) is 6.30. The number of nitrogens with zero attached hydrogens (tertiary/aromatic N) is 1. The van der Waals surface area contributed by atoms with E-state index in [-0.39, 0.29) is 11.7 Å². The Bertz CT molecular complexity index is 556. The van der Waals surface area contributed by atoms with E-state index in [1.807, 2.05) is 13.8 Å². The molecule has 1 amide bonds. The molecule has 0 spiro atoms. The van der Waals surface area contributed by atoms with Gasteiger partial charge in [0.1, 0.15) is 5.82 Å². The first-order chi connectivity index (χ1) is 9.17. The lowest BCUT2D eigenvalue weighted by atomic mass is 10.1. The Morgan fingerprint density at radius 1 is 1.16 bits per heavy atom. The van der Waals surface area contributed by atoms with Crippen molar-refractivity contribution in [1.29, 1.82) is 0 Å². The van der Waals surface area contributed by atoms with Gasteiger partial charge in [0.25, 0.3) is 5.91 Å². The van der Waals surface area contributed by atoms with Crippen molar-refractivity contribution in [3.63, 3.8) is 0 Å². The molecule has 2 aromatic rings. The largest absolute Gasteiger partial charge is 0.459 e. The molecule has 3 nitrogen and oxygen atoms in total. The molecule has 0 saturated heterocycles. The number of carbonyl (C=O) groups is 1. The minimum atomic E-state index is -0.302. The molecule has 0 aliphatic carbocycles. The molecule has 0 fully saturated rings. The van der Waals surface area contributed by atoms with E-state index in [1.165, 1.54) is 18.4 Å². The second-order valence-electron chi connectivity index (χ2n) is 4.15. The molecule has 0 N–H and O–H groups in total. The van der Waals surface area contributed by atoms with Gasteiger partial charge >= 0.3 is 0 Å². The van der Waals surface area contributed by atoms with Gasteiger partial charge in [-0.3, -0.25) is 4.79 Å². The highest BCUT2D eigenvalue weighted by atomic mass is 19.1. The highest BCUT2D eigenvalue weighted by molar-refractivity contribution is 5.98. The molecule has 1 heterocycles. The van der Waals surface area contributed by atoms with Crippen molar-refractivity contribution in [2.24, 2.45) is 0 Å². The summed E-state index contributed by atoms with van der Waals surface area (Å²) < 4.78 is 18.2. The maximum absolute atomic E-state index is 12.9. The van der Waals surface area contributed by atoms with E-state index in [4.69, 9.17) is 4.42 Å². The predicted molar refractivity (Wildman–Crippen MR) is 71.4 cm³/mol. The summed E-state index contributed by atoms with van der Waals surface area (Å²) in [6, 6.07) is 7.74. The molecule has 4 heteroatoms. The van der Waals surface area contributed by atoms with Gasteiger partial charge in [0, 0.05) is 18.7 Å². The summed E-state index contributed by atoms with van der Waals surface area (Å²) in [5.74, 6) is -0.145. The number of rotatable bonds is 4. The number of halogens is 1. The van der Waals surface area contributed by atoms with Gasteiger partial charge in [-0.25, -0.2) is 4.39 Å². The lowest BCUT2D eigenvalue weighted by Crippen LogP contribution is -2.30. The lowest BCUT2D eigenvalue weighted by Gasteiger charge is -2.17. The molecule has 0 aliphatic heterocycles. The molecule has 2 rings (SSSR count). The van der Waals surface area contributed by atoms with Crippen LogP contribution in [0.25, 0.3) is 11.1 Å². The molecular weight excluding hydrogens is 245 g/mol. The number of amides is 1. The van der Waals surface area contributed by atoms with Crippen LogP contribution < -0.4 is 0 Å². The molecule has 0 aliphatic rings. The number of hydrogen-bond donors (Lipinski definition) is 0. The van der Waals surface area contributed by atoms with E-state index < -0.39 is 0 Å². The molecule has 0 radical (unpaired) electrons. The third-order valence-electron chi connectivity index (χ3n) is 3.07. The summed E-state index contributed by atoms with van der Waals surface area (Å²) >= 11 is 0. The van der Waals surface area contributed by atoms with E-state index in [2.05, 4.69) is 0 Å². The van der Waals surface area contributed by atoms with Crippen LogP contribution in [0.3, 0.4) is 0 Å². The molecule has 1 aromatic carbocycles. The van der Waals surface area contributed by atoms with Crippen LogP contribution in [-0.4, -0.2) is 23.9 Å². The second kappa shape index (κ2) is 5.69. The molecule has 0 bridgehead atoms. The van der Waals surface area contributed by atoms with Gasteiger partial charge in [-0.1, -0.05) is 12.1 Å². The Kier molecular flexibility index (Phi) is 4.00. The normalized spacial score (nSPS) is 10.5. The highest BCUT2D eigenvalue weighted by Crippen LogP contribution is 2.26. The zero-order chi connectivity index (χ0) is 13.8. The SMILES string of the molecule is CCN(CC)C(=O)c1occc1-c1ccc(F)cc1. The molecule has 0 atom stereocenters. The third kappa shape index (κ3) is 2.67. The van der Waals surface area contributed by atoms with Gasteiger partial charge in [-0.05, 0) is 37.6 Å². The first kappa shape index (κ1) is 13.3. The molecule has 19 heavy (non-hydrogen) atoms. The predicted octanol–water partition coefficient (Wildman–Crippen LogP) is 3.57. The van der Waals surface area contributed by atoms with Gasteiger partial charge < -0.3 is 9.32 Å². The monoisotopic (exact) mass is 261 g/mol. The number of carbonyl (C=O) groups excluding carboxylic acids is 1. The van der Waals surface area contributed by atoms with E-state index in [0.717, 1.165) is 5.56 Å². The van der Waals surface area contributed by atoms with Gasteiger partial charge in [-0.2, -0.15) is 0 Å². The number of hydrogen-bond acceptors (Lipinski definition) is 2. The Morgan fingerprint density at radius 3 is 2.37 bits per heavy atom. The third-order valence-corrected chi connectivity index (χ3v) is 3.07. The van der Waals surface area contributed by atoms with Crippen LogP contribution in [0.4, 0.5) is 4.39 Å². The van der Waals surface area contributed by atoms with Crippen molar-refractivity contribution >= 4 is 5.91 Å². The second-order valence-corrected chi connectivity index (χ2v) is 4.15. The Morgan fingerprint density at radius 2 is 1.79 bits per heavy atom. The fourth-order valence-electron chi connectivity index (χ4n) is 1.99. The number of furan rings is 1. The molecule has 100 valence electrons. The summed E-state index contributed by atoms with van der Waals surface area (Å²) in [4.78, 5) is 14.0. The van der Waals surface area contributed by atoms with Gasteiger partial charge in [0.05, 0.1) is 6.26 Å². The van der Waals surface area contributed by atoms with Crippen molar-refractivity contribution in [2.75, 3.05) is 13.1 Å². The molecule has 0 unspecified atom stereocenters. The first-order valence-electron chi connectivity index (χ1n) is 6.30. The van der Waals surface area contributed by atoms with Crippen LogP contribution in [0.15, 0.2) is 41.0 Å². The fraction of sp³-hybridized carbons (Fsp3) is 0.267. The Labute approximate surface area is 111 Å². The molecule has 1 aromatic heterocycles. The van der Waals surface area contributed by atoms with Crippen LogP contribution >= 0.6 is 0 Å². The maximum Gasteiger partial charge on any atom is 0.290 e. The van der Waals surface area contributed by atoms with Crippen molar-refractivity contribution in [2.45, 2.75) is 13.8 Å². The summed E-state index contributed by atoms with van der Waals surface area (Å²) in [5.41, 5.74) is 1.46. The Hall–Kier alpha value is -2.10. The average molecular weight is 261 g/mol.